The number of nitrogens with two attached hydrogens (primary N) is 1. The summed E-state index contributed by atoms with van der Waals surface area (Å²) >= 11 is 0. The molecular formula is C17H21N5O2. The normalized spacial score (nSPS) is 15.3. The Morgan fingerprint density at radius 1 is 1.12 bits per heavy atom. The molecule has 1 saturated heterocycles. The number of anilines is 2. The van der Waals surface area contributed by atoms with Crippen LogP contribution in [0.25, 0.3) is 0 Å². The van der Waals surface area contributed by atoms with Gasteiger partial charge in [-0.2, -0.15) is 0 Å². The number of piperazine rings is 1. The molecule has 0 saturated carbocycles. The molecular weight excluding hydrogens is 306 g/mol. The summed E-state index contributed by atoms with van der Waals surface area (Å²) in [5.41, 5.74) is 8.13. The summed E-state index contributed by atoms with van der Waals surface area (Å²) in [7, 11) is 1.34. The zero-order valence-electron chi connectivity index (χ0n) is 13.7. The van der Waals surface area contributed by atoms with E-state index < -0.39 is 5.97 Å². The highest BCUT2D eigenvalue weighted by Crippen LogP contribution is 2.14. The maximum atomic E-state index is 11.4. The SMILES string of the molecule is COC(=O)c1cnc(N2CCN(Cc3ccc(N)cc3)CC2)nc1. The molecule has 0 amide bonds. The van der Waals surface area contributed by atoms with Crippen molar-refractivity contribution in [1.29, 1.82) is 0 Å². The van der Waals surface area contributed by atoms with Crippen LogP contribution in [0.5, 0.6) is 0 Å². The van der Waals surface area contributed by atoms with Crippen LogP contribution in [0.15, 0.2) is 36.7 Å². The van der Waals surface area contributed by atoms with Gasteiger partial charge in [0.1, 0.15) is 0 Å². The zero-order valence-corrected chi connectivity index (χ0v) is 13.7. The number of ether oxygens (including phenoxy) is 1. The molecule has 0 aliphatic carbocycles. The molecule has 0 bridgehead atoms. The first-order valence-corrected chi connectivity index (χ1v) is 7.88. The first-order chi connectivity index (χ1) is 11.7. The highest BCUT2D eigenvalue weighted by atomic mass is 16.5. The van der Waals surface area contributed by atoms with E-state index in [-0.39, 0.29) is 0 Å². The second kappa shape index (κ2) is 7.27. The van der Waals surface area contributed by atoms with E-state index in [9.17, 15) is 4.79 Å². The van der Waals surface area contributed by atoms with Crippen LogP contribution in [0.3, 0.4) is 0 Å². The lowest BCUT2D eigenvalue weighted by Gasteiger charge is -2.34. The van der Waals surface area contributed by atoms with Crippen LogP contribution in [0.1, 0.15) is 15.9 Å². The lowest BCUT2D eigenvalue weighted by Crippen LogP contribution is -2.46. The minimum atomic E-state index is -0.421. The number of rotatable bonds is 4. The van der Waals surface area contributed by atoms with Crippen molar-refractivity contribution in [3.05, 3.63) is 47.8 Å². The molecule has 24 heavy (non-hydrogen) atoms. The highest BCUT2D eigenvalue weighted by molar-refractivity contribution is 5.88. The summed E-state index contributed by atoms with van der Waals surface area (Å²) in [5.74, 6) is 0.227. The molecule has 0 spiro atoms. The van der Waals surface area contributed by atoms with Crippen LogP contribution in [-0.4, -0.2) is 54.1 Å². The van der Waals surface area contributed by atoms with Gasteiger partial charge in [0.15, 0.2) is 0 Å². The van der Waals surface area contributed by atoms with Gasteiger partial charge in [-0.1, -0.05) is 12.1 Å². The van der Waals surface area contributed by atoms with Crippen molar-refractivity contribution >= 4 is 17.6 Å². The molecule has 1 aromatic heterocycles. The molecule has 126 valence electrons. The van der Waals surface area contributed by atoms with Gasteiger partial charge >= 0.3 is 5.97 Å². The Kier molecular flexibility index (Phi) is 4.90. The van der Waals surface area contributed by atoms with Gasteiger partial charge in [-0.05, 0) is 17.7 Å². The molecule has 7 nitrogen and oxygen atoms in total. The fraction of sp³-hybridized carbons (Fsp3) is 0.353. The summed E-state index contributed by atoms with van der Waals surface area (Å²) in [6, 6.07) is 8.00. The molecule has 2 heterocycles. The number of aromatic nitrogens is 2. The summed E-state index contributed by atoms with van der Waals surface area (Å²) in [6.07, 6.45) is 3.02. The summed E-state index contributed by atoms with van der Waals surface area (Å²) in [6.45, 7) is 4.49. The van der Waals surface area contributed by atoms with E-state index in [1.165, 1.54) is 25.1 Å². The molecule has 2 aromatic rings. The third-order valence-electron chi connectivity index (χ3n) is 4.10. The van der Waals surface area contributed by atoms with E-state index in [2.05, 4.69) is 36.6 Å². The number of methoxy groups -OCH3 is 1. The van der Waals surface area contributed by atoms with Gasteiger partial charge < -0.3 is 15.4 Å². The Labute approximate surface area is 141 Å². The molecule has 1 aliphatic rings. The smallest absolute Gasteiger partial charge is 0.341 e. The summed E-state index contributed by atoms with van der Waals surface area (Å²) in [4.78, 5) is 24.5. The van der Waals surface area contributed by atoms with Crippen LogP contribution in [-0.2, 0) is 11.3 Å². The fourth-order valence-electron chi connectivity index (χ4n) is 2.70. The third kappa shape index (κ3) is 3.80. The number of hydrogen-bond acceptors (Lipinski definition) is 7. The number of nitrogen functional groups attached to an aromatic ring is 1. The zero-order chi connectivity index (χ0) is 16.9. The van der Waals surface area contributed by atoms with Crippen molar-refractivity contribution in [3.63, 3.8) is 0 Å². The second-order valence-electron chi connectivity index (χ2n) is 5.77. The van der Waals surface area contributed by atoms with Gasteiger partial charge in [0, 0.05) is 50.8 Å². The quantitative estimate of drug-likeness (QED) is 0.666. The molecule has 0 atom stereocenters. The van der Waals surface area contributed by atoms with E-state index in [4.69, 9.17) is 5.73 Å². The van der Waals surface area contributed by atoms with E-state index in [1.54, 1.807) is 0 Å². The lowest BCUT2D eigenvalue weighted by atomic mass is 10.2. The maximum absolute atomic E-state index is 11.4. The molecule has 1 fully saturated rings. The van der Waals surface area contributed by atoms with E-state index >= 15 is 0 Å². The van der Waals surface area contributed by atoms with Gasteiger partial charge in [-0.25, -0.2) is 14.8 Å². The summed E-state index contributed by atoms with van der Waals surface area (Å²) < 4.78 is 4.65. The Hall–Kier alpha value is -2.67. The molecule has 0 unspecified atom stereocenters. The number of hydrogen-bond donors (Lipinski definition) is 1. The Balaban J connectivity index is 1.54. The van der Waals surface area contributed by atoms with Crippen LogP contribution < -0.4 is 10.6 Å². The number of nitrogens with zero attached hydrogens (tertiary/aromatic N) is 4. The van der Waals surface area contributed by atoms with Gasteiger partial charge in [0.2, 0.25) is 5.95 Å². The highest BCUT2D eigenvalue weighted by Gasteiger charge is 2.19. The topological polar surface area (TPSA) is 84.6 Å². The van der Waals surface area contributed by atoms with Crippen LogP contribution in [0, 0.1) is 0 Å². The predicted octanol–water partition coefficient (Wildman–Crippen LogP) is 1.17. The fourth-order valence-corrected chi connectivity index (χ4v) is 2.70. The van der Waals surface area contributed by atoms with Gasteiger partial charge in [-0.3, -0.25) is 4.90 Å². The molecule has 1 aliphatic heterocycles. The van der Waals surface area contributed by atoms with Gasteiger partial charge in [0.05, 0.1) is 12.7 Å². The van der Waals surface area contributed by atoms with E-state index in [0.29, 0.717) is 11.5 Å². The molecule has 7 heteroatoms. The van der Waals surface area contributed by atoms with Crippen molar-refractivity contribution < 1.29 is 9.53 Å². The van der Waals surface area contributed by atoms with E-state index in [1.807, 2.05) is 12.1 Å². The standard InChI is InChI=1S/C17H21N5O2/c1-24-16(23)14-10-19-17(20-11-14)22-8-6-21(7-9-22)12-13-2-4-15(18)5-3-13/h2-5,10-11H,6-9,12,18H2,1H3. The van der Waals surface area contributed by atoms with Crippen molar-refractivity contribution in [3.8, 4) is 0 Å². The van der Waals surface area contributed by atoms with Crippen molar-refractivity contribution in [2.75, 3.05) is 43.9 Å². The molecule has 1 aromatic carbocycles. The van der Waals surface area contributed by atoms with Crippen molar-refractivity contribution in [2.24, 2.45) is 0 Å². The predicted molar refractivity (Wildman–Crippen MR) is 91.7 cm³/mol. The van der Waals surface area contributed by atoms with Crippen molar-refractivity contribution in [2.45, 2.75) is 6.54 Å². The van der Waals surface area contributed by atoms with Crippen LogP contribution >= 0.6 is 0 Å². The average molecular weight is 327 g/mol. The Bertz CT molecular complexity index is 679. The molecule has 2 N–H and O–H groups in total. The Morgan fingerprint density at radius 2 is 1.75 bits per heavy atom. The Morgan fingerprint density at radius 3 is 2.33 bits per heavy atom. The number of carbonyl (C=O) groups is 1. The van der Waals surface area contributed by atoms with Crippen molar-refractivity contribution in [1.82, 2.24) is 14.9 Å². The molecule has 3 rings (SSSR count). The number of esters is 1. The third-order valence-corrected chi connectivity index (χ3v) is 4.10. The number of carbonyl (C=O) groups excluding carboxylic acids is 1. The monoisotopic (exact) mass is 327 g/mol. The van der Waals surface area contributed by atoms with Crippen LogP contribution in [0.4, 0.5) is 11.6 Å². The largest absolute Gasteiger partial charge is 0.465 e. The summed E-state index contributed by atoms with van der Waals surface area (Å²) in [5, 5.41) is 0. The average Bonchev–Trinajstić information content (AvgIpc) is 2.64. The first-order valence-electron chi connectivity index (χ1n) is 7.88. The second-order valence-corrected chi connectivity index (χ2v) is 5.77. The first kappa shape index (κ1) is 16.2. The molecule has 0 radical (unpaired) electrons. The number of benzene rings is 1. The van der Waals surface area contributed by atoms with Crippen LogP contribution in [0.2, 0.25) is 0 Å². The van der Waals surface area contributed by atoms with Gasteiger partial charge in [0.25, 0.3) is 0 Å². The maximum Gasteiger partial charge on any atom is 0.341 e. The van der Waals surface area contributed by atoms with E-state index in [0.717, 1.165) is 38.4 Å². The lowest BCUT2D eigenvalue weighted by molar-refractivity contribution is 0.0600. The van der Waals surface area contributed by atoms with Gasteiger partial charge in [-0.15, -0.1) is 0 Å². The minimum absolute atomic E-state index is 0.364. The minimum Gasteiger partial charge on any atom is -0.465 e.